The molecule has 0 aromatic heterocycles. The van der Waals surface area contributed by atoms with Crippen LogP contribution in [-0.4, -0.2) is 0 Å². The van der Waals surface area contributed by atoms with Crippen molar-refractivity contribution >= 4 is 226 Å². The van der Waals surface area contributed by atoms with Gasteiger partial charge in [0.05, 0.1) is 0 Å². The molecule has 2 nitrogen and oxygen atoms in total. The number of hydrogen-bond acceptors (Lipinski definition) is 20. The predicted octanol–water partition coefficient (Wildman–Crippen LogP) is 34.9. The molecule has 0 N–H and O–H groups in total. The third-order valence-corrected chi connectivity index (χ3v) is 29.7. The molecule has 0 spiro atoms. The molecule has 4 aliphatic rings. The molecule has 15 aromatic rings. The molecule has 20 heteroatoms. The minimum absolute atomic E-state index is 0.0405. The molecule has 0 amide bonds. The van der Waals surface area contributed by atoms with Gasteiger partial charge in [0.25, 0.3) is 0 Å². The molecule has 658 valence electrons. The van der Waals surface area contributed by atoms with Gasteiger partial charge in [0, 0.05) is 153 Å². The van der Waals surface area contributed by atoms with Crippen LogP contribution < -0.4 is 9.47 Å². The molecule has 0 unspecified atom stereocenters. The first-order valence-corrected chi connectivity index (χ1v) is 49.9. The Morgan fingerprint density at radius 1 is 0.188 bits per heavy atom. The molecule has 0 saturated heterocycles. The fourth-order valence-electron chi connectivity index (χ4n) is 15.6. The van der Waals surface area contributed by atoms with Crippen molar-refractivity contribution in [2.45, 2.75) is 213 Å². The molecule has 0 bridgehead atoms. The fourth-order valence-corrected chi connectivity index (χ4v) is 23.7. The summed E-state index contributed by atoms with van der Waals surface area (Å²) in [7, 11) is 0. The zero-order valence-electron chi connectivity index (χ0n) is 73.0. The van der Waals surface area contributed by atoms with E-state index < -0.39 is 0 Å². The molecule has 0 saturated carbocycles. The third-order valence-electron chi connectivity index (χ3n) is 22.6. The van der Waals surface area contributed by atoms with E-state index in [0.29, 0.717) is 0 Å². The summed E-state index contributed by atoms with van der Waals surface area (Å²) in [6.45, 7) is 26.7. The van der Waals surface area contributed by atoms with Gasteiger partial charge in [-0.2, -0.15) is 0 Å². The zero-order valence-corrected chi connectivity index (χ0v) is 88.9. The summed E-state index contributed by atoms with van der Waals surface area (Å²) in [5.74, 6) is 3.55. The van der Waals surface area contributed by atoms with E-state index in [2.05, 4.69) is 406 Å². The van der Waals surface area contributed by atoms with E-state index >= 15 is 0 Å². The first-order valence-electron chi connectivity index (χ1n) is 41.1. The van der Waals surface area contributed by atoms with Crippen molar-refractivity contribution in [3.05, 3.63) is 394 Å². The van der Waals surface area contributed by atoms with Crippen molar-refractivity contribution in [3.63, 3.8) is 0 Å². The topological polar surface area (TPSA) is 18.5 Å². The number of thiol groups is 16. The lowest BCUT2D eigenvalue weighted by atomic mass is 9.76. The van der Waals surface area contributed by atoms with Gasteiger partial charge in [-0.15, -0.1) is 202 Å². The summed E-state index contributed by atoms with van der Waals surface area (Å²) >= 11 is 74.5. The smallest absolute Gasteiger partial charge is 0.132 e. The molecule has 4 heterocycles. The van der Waals surface area contributed by atoms with Crippen molar-refractivity contribution in [3.8, 4) is 23.0 Å². The maximum absolute atomic E-state index is 5.98. The van der Waals surface area contributed by atoms with E-state index in [-0.39, 0.29) is 32.5 Å². The summed E-state index contributed by atoms with van der Waals surface area (Å²) in [6, 6.07) is 110. The average molecular weight is 2010 g/mol. The second kappa shape index (κ2) is 45.5. The van der Waals surface area contributed by atoms with Gasteiger partial charge in [-0.1, -0.05) is 289 Å². The molecular weight excluding hydrogens is 1910 g/mol. The Bertz CT molecular complexity index is 5330. The van der Waals surface area contributed by atoms with Crippen molar-refractivity contribution in [2.24, 2.45) is 0 Å². The molecule has 15 aromatic carbocycles. The molecule has 0 radical (unpaired) electrons. The summed E-state index contributed by atoms with van der Waals surface area (Å²) in [6.07, 6.45) is 0. The van der Waals surface area contributed by atoms with Crippen LogP contribution in [0.4, 0.5) is 0 Å². The minimum atomic E-state index is -0.170. The van der Waals surface area contributed by atoms with Crippen LogP contribution in [0.2, 0.25) is 0 Å². The average Bonchev–Trinajstić information content (AvgIpc) is 0.737. The van der Waals surface area contributed by atoms with E-state index in [9.17, 15) is 0 Å². The zero-order chi connectivity index (χ0) is 92.8. The SMILES string of the molecule is CC(C)(c1ccc(S)cc1S)c1ccc(S)cc1S.CC(C)(c1ccc(S)cc1S)c1ccc(S)cc1S.CC1(C)c2ccc(S)cc2Oc2cc(S)ccc21.CC1(C)c2ccc(S)cc2Oc2cc(S)ccc21.CC1(C)c2ccc(S)cc2Sc2cc(S)ccc21.CC1(C)c2ccc(S)cc2Sc2cc(S)ccc21.c1ccccc1.c1ccccc1.c1ccccc1. The van der Waals surface area contributed by atoms with Gasteiger partial charge in [-0.05, 0) is 190 Å². The molecule has 128 heavy (non-hydrogen) atoms. The van der Waals surface area contributed by atoms with Gasteiger partial charge in [0.1, 0.15) is 23.0 Å². The summed E-state index contributed by atoms with van der Waals surface area (Å²) in [4.78, 5) is 20.4. The Morgan fingerprint density at radius 3 is 0.500 bits per heavy atom. The summed E-state index contributed by atoms with van der Waals surface area (Å²) in [5.41, 5.74) is 14.6. The number of fused-ring (bicyclic) bond motifs is 8. The highest BCUT2D eigenvalue weighted by molar-refractivity contribution is 8.00. The standard InChI is InChI=1S/2C15H14OS2.2C15H16S4.2C15H14S3.3C6H6/c2*1-15(2)11-5-3-9(17)7-13(11)16-14-8-10(18)4-6-12(14)15;2*1-15(2,11-5-3-9(16)7-13(11)18)12-6-4-10(17)8-14(12)19;2*1-15(2)11-5-3-9(16)7-13(11)18-14-8-10(17)4-6-12(14)15;3*1-2-4-6-5-3-1/h2*3-8,17-18H,1-2H3;2*3-8,16-19H,1-2H3;2*3-8,16-17H,1-2H3;3*1-6H. The Balaban J connectivity index is 0.000000143. The molecule has 0 aliphatic carbocycles. The van der Waals surface area contributed by atoms with Crippen LogP contribution in [-0.2, 0) is 32.5 Å². The van der Waals surface area contributed by atoms with Crippen LogP contribution in [0.5, 0.6) is 23.0 Å². The number of benzene rings is 15. The van der Waals surface area contributed by atoms with Crippen molar-refractivity contribution < 1.29 is 9.47 Å². The summed E-state index contributed by atoms with van der Waals surface area (Å²) < 4.78 is 12.0. The van der Waals surface area contributed by atoms with E-state index in [4.69, 9.17) is 9.47 Å². The van der Waals surface area contributed by atoms with E-state index in [1.54, 1.807) is 0 Å². The minimum Gasteiger partial charge on any atom is -0.457 e. The van der Waals surface area contributed by atoms with Gasteiger partial charge in [0.2, 0.25) is 0 Å². The van der Waals surface area contributed by atoms with Gasteiger partial charge in [-0.25, -0.2) is 0 Å². The maximum Gasteiger partial charge on any atom is 0.132 e. The Hall–Kier alpha value is -5.80. The number of rotatable bonds is 4. The van der Waals surface area contributed by atoms with Crippen molar-refractivity contribution in [1.29, 1.82) is 0 Å². The second-order valence-electron chi connectivity index (χ2n) is 33.9. The highest BCUT2D eigenvalue weighted by atomic mass is 32.2. The largest absolute Gasteiger partial charge is 0.457 e. The normalized spacial score (nSPS) is 13.5. The maximum atomic E-state index is 5.98. The van der Waals surface area contributed by atoms with E-state index in [0.717, 1.165) is 124 Å². The lowest BCUT2D eigenvalue weighted by Crippen LogP contribution is -2.24. The highest BCUT2D eigenvalue weighted by Crippen LogP contribution is 2.55. The molecule has 4 aliphatic heterocycles. The molecule has 19 rings (SSSR count). The summed E-state index contributed by atoms with van der Waals surface area (Å²) in [5, 5.41) is 0. The number of hydrogen-bond donors (Lipinski definition) is 16. The highest BCUT2D eigenvalue weighted by Gasteiger charge is 2.38. The van der Waals surface area contributed by atoms with Gasteiger partial charge in [0.15, 0.2) is 0 Å². The first kappa shape index (κ1) is 103. The lowest BCUT2D eigenvalue weighted by Gasteiger charge is -2.34. The van der Waals surface area contributed by atoms with E-state index in [1.165, 1.54) is 64.1 Å². The molecule has 0 atom stereocenters. The Morgan fingerprint density at radius 2 is 0.328 bits per heavy atom. The third kappa shape index (κ3) is 26.0. The van der Waals surface area contributed by atoms with Crippen LogP contribution in [0.25, 0.3) is 0 Å². The molecule has 0 fully saturated rings. The van der Waals surface area contributed by atoms with Crippen molar-refractivity contribution in [1.82, 2.24) is 0 Å². The van der Waals surface area contributed by atoms with Gasteiger partial charge < -0.3 is 9.47 Å². The Labute approximate surface area is 856 Å². The molecular formula is C108H106O2S18. The van der Waals surface area contributed by atoms with Crippen LogP contribution in [0.1, 0.15) is 150 Å². The quantitative estimate of drug-likeness (QED) is 0.0806. The van der Waals surface area contributed by atoms with Crippen LogP contribution in [0.15, 0.2) is 425 Å². The van der Waals surface area contributed by atoms with Gasteiger partial charge >= 0.3 is 0 Å². The fraction of sp³-hybridized carbons (Fsp3) is 0.167. The predicted molar refractivity (Wildman–Crippen MR) is 594 cm³/mol. The lowest BCUT2D eigenvalue weighted by molar-refractivity contribution is 0.415. The van der Waals surface area contributed by atoms with Crippen molar-refractivity contribution in [2.75, 3.05) is 0 Å². The van der Waals surface area contributed by atoms with E-state index in [1.807, 2.05) is 230 Å². The Kier molecular flexibility index (Phi) is 36.5. The first-order chi connectivity index (χ1) is 60.6. The van der Waals surface area contributed by atoms with Crippen LogP contribution in [0, 0.1) is 0 Å². The number of ether oxygens (including phenoxy) is 2. The van der Waals surface area contributed by atoms with Crippen LogP contribution in [0.3, 0.4) is 0 Å². The monoisotopic (exact) mass is 2010 g/mol. The van der Waals surface area contributed by atoms with Crippen LogP contribution >= 0.6 is 226 Å². The second-order valence-corrected chi connectivity index (χ2v) is 44.2. The van der Waals surface area contributed by atoms with Gasteiger partial charge in [-0.3, -0.25) is 0 Å².